The van der Waals surface area contributed by atoms with Gasteiger partial charge in [0.2, 0.25) is 0 Å². The number of carboxylic acids is 1. The van der Waals surface area contributed by atoms with Crippen molar-refractivity contribution in [3.05, 3.63) is 0 Å². The van der Waals surface area contributed by atoms with Crippen LogP contribution in [-0.2, 0) is 9.59 Å². The van der Waals surface area contributed by atoms with Crippen LogP contribution in [0.25, 0.3) is 0 Å². The molecule has 0 spiro atoms. The summed E-state index contributed by atoms with van der Waals surface area (Å²) in [6.07, 6.45) is 0.0231. The van der Waals surface area contributed by atoms with E-state index in [0.29, 0.717) is 0 Å². The average molecular weight is 132 g/mol. The molecule has 0 aromatic heterocycles. The summed E-state index contributed by atoms with van der Waals surface area (Å²) >= 11 is 0. The molecule has 0 radical (unpaired) electrons. The molecule has 4 nitrogen and oxygen atoms in total. The van der Waals surface area contributed by atoms with Crippen LogP contribution in [-0.4, -0.2) is 22.9 Å². The highest BCUT2D eigenvalue weighted by molar-refractivity contribution is 5.82. The Kier molecular flexibility index (Phi) is 2.87. The summed E-state index contributed by atoms with van der Waals surface area (Å²) in [7, 11) is 0. The van der Waals surface area contributed by atoms with Gasteiger partial charge in [-0.15, -0.1) is 0 Å². The van der Waals surface area contributed by atoms with Crippen molar-refractivity contribution in [2.24, 2.45) is 0 Å². The number of Topliss-reactive ketones (excluding diaryl/α,β-unsaturated/α-hetero) is 1. The van der Waals surface area contributed by atoms with Gasteiger partial charge in [0, 0.05) is 0 Å². The van der Waals surface area contributed by atoms with Crippen molar-refractivity contribution in [2.45, 2.75) is 19.4 Å². The minimum Gasteiger partial charge on any atom is -0.477 e. The molecular formula is C5H10NO3+. The Bertz CT molecular complexity index is 132. The Labute approximate surface area is 52.7 Å². The fourth-order valence-electron chi connectivity index (χ4n) is 0.434. The molecular weight excluding hydrogens is 122 g/mol. The molecule has 0 saturated heterocycles. The first-order valence-corrected chi connectivity index (χ1v) is 2.59. The maximum atomic E-state index is 10.3. The van der Waals surface area contributed by atoms with Crippen LogP contribution in [0.5, 0.6) is 0 Å². The lowest BCUT2D eigenvalue weighted by Crippen LogP contribution is -2.65. The van der Waals surface area contributed by atoms with E-state index >= 15 is 0 Å². The maximum absolute atomic E-state index is 10.3. The largest absolute Gasteiger partial charge is 0.477 e. The van der Waals surface area contributed by atoms with Crippen molar-refractivity contribution in [2.75, 3.05) is 0 Å². The molecule has 0 saturated carbocycles. The van der Waals surface area contributed by atoms with Crippen LogP contribution < -0.4 is 5.73 Å². The molecule has 1 unspecified atom stereocenters. The number of carbonyl (C=O) groups is 2. The fraction of sp³-hybridized carbons (Fsp3) is 0.600. The molecule has 0 aromatic carbocycles. The van der Waals surface area contributed by atoms with Gasteiger partial charge in [-0.25, -0.2) is 4.79 Å². The lowest BCUT2D eigenvalue weighted by Gasteiger charge is -1.96. The Morgan fingerprint density at radius 1 is 1.67 bits per heavy atom. The van der Waals surface area contributed by atoms with Crippen LogP contribution in [0, 0.1) is 0 Å². The van der Waals surface area contributed by atoms with Crippen molar-refractivity contribution in [1.82, 2.24) is 0 Å². The van der Waals surface area contributed by atoms with Crippen LogP contribution in [0.1, 0.15) is 13.3 Å². The zero-order valence-electron chi connectivity index (χ0n) is 5.26. The highest BCUT2D eigenvalue weighted by atomic mass is 16.4. The fourth-order valence-corrected chi connectivity index (χ4v) is 0.434. The minimum atomic E-state index is -1.02. The van der Waals surface area contributed by atoms with E-state index in [2.05, 4.69) is 5.73 Å². The van der Waals surface area contributed by atoms with Crippen molar-refractivity contribution in [3.63, 3.8) is 0 Å². The molecule has 0 aromatic rings. The molecule has 0 aliphatic rings. The molecule has 0 heterocycles. The second-order valence-corrected chi connectivity index (χ2v) is 1.94. The SMILES string of the molecule is CC(=O)CC([NH3+])C(=O)O. The van der Waals surface area contributed by atoms with E-state index in [9.17, 15) is 9.59 Å². The van der Waals surface area contributed by atoms with E-state index in [1.807, 2.05) is 0 Å². The molecule has 0 fully saturated rings. The normalized spacial score (nSPS) is 12.7. The Balaban J connectivity index is 3.63. The third-order valence-electron chi connectivity index (χ3n) is 0.883. The highest BCUT2D eigenvalue weighted by Crippen LogP contribution is 1.85. The van der Waals surface area contributed by atoms with Crippen LogP contribution in [0.4, 0.5) is 0 Å². The number of carboxylic acid groups (broad SMARTS) is 1. The quantitative estimate of drug-likeness (QED) is 0.498. The summed E-state index contributed by atoms with van der Waals surface area (Å²) in [4.78, 5) is 20.3. The summed E-state index contributed by atoms with van der Waals surface area (Å²) in [6.45, 7) is 1.35. The molecule has 4 heteroatoms. The molecule has 9 heavy (non-hydrogen) atoms. The van der Waals surface area contributed by atoms with E-state index in [-0.39, 0.29) is 12.2 Å². The Morgan fingerprint density at radius 2 is 2.11 bits per heavy atom. The minimum absolute atomic E-state index is 0.0231. The summed E-state index contributed by atoms with van der Waals surface area (Å²) in [5.74, 6) is -1.16. The second kappa shape index (κ2) is 3.19. The van der Waals surface area contributed by atoms with Gasteiger partial charge in [-0.2, -0.15) is 0 Å². The van der Waals surface area contributed by atoms with Gasteiger partial charge in [0.15, 0.2) is 6.04 Å². The zero-order valence-corrected chi connectivity index (χ0v) is 5.26. The molecule has 0 aliphatic carbocycles. The first kappa shape index (κ1) is 8.10. The van der Waals surface area contributed by atoms with Gasteiger partial charge in [0.1, 0.15) is 5.78 Å². The van der Waals surface area contributed by atoms with Gasteiger partial charge in [0.25, 0.3) is 0 Å². The van der Waals surface area contributed by atoms with Crippen LogP contribution in [0.2, 0.25) is 0 Å². The van der Waals surface area contributed by atoms with Gasteiger partial charge in [-0.05, 0) is 6.92 Å². The Morgan fingerprint density at radius 3 is 2.22 bits per heavy atom. The number of hydrogen-bond acceptors (Lipinski definition) is 2. The molecule has 0 aliphatic heterocycles. The summed E-state index contributed by atoms with van der Waals surface area (Å²) in [6, 6.07) is -0.789. The number of carbonyl (C=O) groups excluding carboxylic acids is 1. The van der Waals surface area contributed by atoms with E-state index in [1.54, 1.807) is 0 Å². The van der Waals surface area contributed by atoms with Crippen LogP contribution in [0.15, 0.2) is 0 Å². The summed E-state index contributed by atoms with van der Waals surface area (Å²) in [5, 5.41) is 8.22. The van der Waals surface area contributed by atoms with Crippen molar-refractivity contribution in [1.29, 1.82) is 0 Å². The van der Waals surface area contributed by atoms with E-state index in [0.717, 1.165) is 0 Å². The first-order valence-electron chi connectivity index (χ1n) is 2.59. The average Bonchev–Trinajstić information content (AvgIpc) is 1.63. The van der Waals surface area contributed by atoms with Crippen LogP contribution in [0.3, 0.4) is 0 Å². The zero-order chi connectivity index (χ0) is 7.44. The molecule has 0 bridgehead atoms. The van der Waals surface area contributed by atoms with Gasteiger partial charge in [-0.1, -0.05) is 0 Å². The predicted molar refractivity (Wildman–Crippen MR) is 29.6 cm³/mol. The molecule has 0 amide bonds. The van der Waals surface area contributed by atoms with Crippen molar-refractivity contribution < 1.29 is 20.4 Å². The molecule has 52 valence electrons. The summed E-state index contributed by atoms with van der Waals surface area (Å²) in [5.41, 5.74) is 3.26. The second-order valence-electron chi connectivity index (χ2n) is 1.94. The standard InChI is InChI=1S/C5H9NO3/c1-3(7)2-4(6)5(8)9/h4H,2,6H2,1H3,(H,8,9)/p+1. The molecule has 1 atom stereocenters. The lowest BCUT2D eigenvalue weighted by atomic mass is 10.2. The third-order valence-corrected chi connectivity index (χ3v) is 0.883. The number of ketones is 1. The molecule has 0 rings (SSSR count). The predicted octanol–water partition coefficient (Wildman–Crippen LogP) is -1.34. The third kappa shape index (κ3) is 3.66. The topological polar surface area (TPSA) is 82.0 Å². The van der Waals surface area contributed by atoms with Gasteiger partial charge < -0.3 is 10.8 Å². The Hall–Kier alpha value is -0.900. The van der Waals surface area contributed by atoms with Gasteiger partial charge >= 0.3 is 5.97 Å². The van der Waals surface area contributed by atoms with Crippen molar-refractivity contribution >= 4 is 11.8 Å². The first-order chi connectivity index (χ1) is 4.04. The number of aliphatic carboxylic acids is 1. The number of quaternary nitrogens is 1. The maximum Gasteiger partial charge on any atom is 0.362 e. The number of hydrogen-bond donors (Lipinski definition) is 2. The smallest absolute Gasteiger partial charge is 0.362 e. The molecule has 4 N–H and O–H groups in total. The number of rotatable bonds is 3. The van der Waals surface area contributed by atoms with Crippen molar-refractivity contribution in [3.8, 4) is 0 Å². The van der Waals surface area contributed by atoms with Gasteiger partial charge in [-0.3, -0.25) is 4.79 Å². The van der Waals surface area contributed by atoms with E-state index in [4.69, 9.17) is 5.11 Å². The summed E-state index contributed by atoms with van der Waals surface area (Å²) < 4.78 is 0. The van der Waals surface area contributed by atoms with Gasteiger partial charge in [0.05, 0.1) is 6.42 Å². The van der Waals surface area contributed by atoms with E-state index in [1.165, 1.54) is 6.92 Å². The lowest BCUT2D eigenvalue weighted by molar-refractivity contribution is -0.406. The van der Waals surface area contributed by atoms with E-state index < -0.39 is 12.0 Å². The monoisotopic (exact) mass is 132 g/mol. The van der Waals surface area contributed by atoms with Crippen LogP contribution >= 0.6 is 0 Å². The highest BCUT2D eigenvalue weighted by Gasteiger charge is 2.16.